The summed E-state index contributed by atoms with van der Waals surface area (Å²) in [6.07, 6.45) is 0.0475. The van der Waals surface area contributed by atoms with Crippen LogP contribution < -0.4 is 5.32 Å². The van der Waals surface area contributed by atoms with Gasteiger partial charge in [0.15, 0.2) is 0 Å². The number of carbonyl (C=O) groups excluding carboxylic acids is 2. The Kier molecular flexibility index (Phi) is 8.40. The molecule has 0 aliphatic carbocycles. The first-order valence-electron chi connectivity index (χ1n) is 6.08. The lowest BCUT2D eigenvalue weighted by Gasteiger charge is -2.06. The average molecular weight is 297 g/mol. The third-order valence-corrected chi connectivity index (χ3v) is 2.43. The molecule has 21 heavy (non-hydrogen) atoms. The Labute approximate surface area is 122 Å². The van der Waals surface area contributed by atoms with Crippen LogP contribution in [0, 0.1) is 0 Å². The number of Topliss-reactive ketones (excluding diaryl/α,β-unsaturated/α-hetero) is 1. The summed E-state index contributed by atoms with van der Waals surface area (Å²) in [7, 11) is 2.83. The fraction of sp³-hybridized carbons (Fsp3) is 0.357. The first-order valence-corrected chi connectivity index (χ1v) is 6.08. The maximum Gasteiger partial charge on any atom is 0.337 e. The summed E-state index contributed by atoms with van der Waals surface area (Å²) in [6.45, 7) is 1.37. The molecule has 1 aromatic carbocycles. The van der Waals surface area contributed by atoms with Crippen molar-refractivity contribution < 1.29 is 29.3 Å². The van der Waals surface area contributed by atoms with Crippen molar-refractivity contribution in [2.75, 3.05) is 14.2 Å². The van der Waals surface area contributed by atoms with E-state index < -0.39 is 18.0 Å². The summed E-state index contributed by atoms with van der Waals surface area (Å²) in [5.74, 6) is -1.37. The van der Waals surface area contributed by atoms with Gasteiger partial charge in [-0.2, -0.15) is 0 Å². The van der Waals surface area contributed by atoms with Crippen molar-refractivity contribution in [3.8, 4) is 5.75 Å². The summed E-state index contributed by atoms with van der Waals surface area (Å²) >= 11 is 0. The summed E-state index contributed by atoms with van der Waals surface area (Å²) in [4.78, 5) is 31.5. The van der Waals surface area contributed by atoms with E-state index in [-0.39, 0.29) is 18.0 Å². The number of phenolic OH excluding ortho intramolecular Hbond substituents is 1. The van der Waals surface area contributed by atoms with Crippen molar-refractivity contribution in [1.82, 2.24) is 5.32 Å². The lowest BCUT2D eigenvalue weighted by molar-refractivity contribution is -0.140. The number of ketones is 1. The molecule has 0 bridgehead atoms. The van der Waals surface area contributed by atoms with Crippen LogP contribution in [0.15, 0.2) is 24.3 Å². The summed E-state index contributed by atoms with van der Waals surface area (Å²) in [5.41, 5.74) is 0.435. The van der Waals surface area contributed by atoms with Crippen LogP contribution in [0.3, 0.4) is 0 Å². The van der Waals surface area contributed by atoms with Gasteiger partial charge in [0.2, 0.25) is 0 Å². The number of carbonyl (C=O) groups is 3. The van der Waals surface area contributed by atoms with Gasteiger partial charge >= 0.3 is 11.9 Å². The quantitative estimate of drug-likeness (QED) is 0.689. The number of aromatic hydroxyl groups is 1. The van der Waals surface area contributed by atoms with E-state index in [1.807, 2.05) is 0 Å². The monoisotopic (exact) mass is 297 g/mol. The molecular formula is C14H19NO6. The molecule has 3 N–H and O–H groups in total. The van der Waals surface area contributed by atoms with Gasteiger partial charge in [0.05, 0.1) is 12.7 Å². The van der Waals surface area contributed by atoms with E-state index in [0.29, 0.717) is 5.56 Å². The lowest BCUT2D eigenvalue weighted by atomic mass is 10.1. The van der Waals surface area contributed by atoms with Gasteiger partial charge in [-0.25, -0.2) is 4.79 Å². The zero-order valence-electron chi connectivity index (χ0n) is 12.1. The molecule has 0 aromatic heterocycles. The Morgan fingerprint density at radius 1 is 1.24 bits per heavy atom. The van der Waals surface area contributed by atoms with E-state index in [9.17, 15) is 14.4 Å². The van der Waals surface area contributed by atoms with E-state index in [0.717, 1.165) is 0 Å². The molecular weight excluding hydrogens is 278 g/mol. The maximum atomic E-state index is 10.8. The summed E-state index contributed by atoms with van der Waals surface area (Å²) < 4.78 is 4.46. The number of rotatable bonds is 5. The molecule has 0 spiro atoms. The highest BCUT2D eigenvalue weighted by molar-refractivity contribution is 5.89. The van der Waals surface area contributed by atoms with Gasteiger partial charge in [-0.1, -0.05) is 0 Å². The van der Waals surface area contributed by atoms with Gasteiger partial charge in [-0.3, -0.25) is 9.59 Å². The molecule has 0 fully saturated rings. The van der Waals surface area contributed by atoms with E-state index in [2.05, 4.69) is 10.1 Å². The highest BCUT2D eigenvalue weighted by atomic mass is 16.5. The van der Waals surface area contributed by atoms with Gasteiger partial charge in [0.25, 0.3) is 0 Å². The molecule has 1 atom stereocenters. The molecule has 7 nitrogen and oxygen atoms in total. The predicted octanol–water partition coefficient (Wildman–Crippen LogP) is 0.817. The Morgan fingerprint density at radius 3 is 2.05 bits per heavy atom. The first-order chi connectivity index (χ1) is 9.81. The Bertz CT molecular complexity index is 483. The normalized spacial score (nSPS) is 10.8. The number of aliphatic carboxylic acids is 1. The first kappa shape index (κ1) is 18.6. The molecule has 0 saturated carbocycles. The molecule has 1 unspecified atom stereocenters. The van der Waals surface area contributed by atoms with Gasteiger partial charge in [0.1, 0.15) is 17.6 Å². The second-order valence-corrected chi connectivity index (χ2v) is 4.12. The van der Waals surface area contributed by atoms with Gasteiger partial charge in [-0.05, 0) is 38.2 Å². The largest absolute Gasteiger partial charge is 0.508 e. The zero-order valence-corrected chi connectivity index (χ0v) is 12.1. The molecule has 0 radical (unpaired) electrons. The van der Waals surface area contributed by atoms with Crippen LogP contribution in [0.5, 0.6) is 5.75 Å². The molecule has 0 aliphatic heterocycles. The minimum Gasteiger partial charge on any atom is -0.508 e. The second-order valence-electron chi connectivity index (χ2n) is 4.12. The number of benzene rings is 1. The van der Waals surface area contributed by atoms with E-state index in [4.69, 9.17) is 10.2 Å². The number of hydrogen-bond acceptors (Lipinski definition) is 6. The van der Waals surface area contributed by atoms with Crippen molar-refractivity contribution in [2.45, 2.75) is 19.4 Å². The fourth-order valence-electron chi connectivity index (χ4n) is 1.32. The number of hydrogen-bond donors (Lipinski definition) is 3. The SMILES string of the molecule is CNC(CC(C)=O)C(=O)O.COC(=O)c1ccc(O)cc1. The van der Waals surface area contributed by atoms with Crippen molar-refractivity contribution >= 4 is 17.7 Å². The topological polar surface area (TPSA) is 113 Å². The van der Waals surface area contributed by atoms with Crippen LogP contribution >= 0.6 is 0 Å². The highest BCUT2D eigenvalue weighted by Crippen LogP contribution is 2.09. The van der Waals surface area contributed by atoms with Crippen molar-refractivity contribution in [3.63, 3.8) is 0 Å². The smallest absolute Gasteiger partial charge is 0.337 e. The highest BCUT2D eigenvalue weighted by Gasteiger charge is 2.15. The number of ether oxygens (including phenoxy) is 1. The van der Waals surface area contributed by atoms with Gasteiger partial charge in [-0.15, -0.1) is 0 Å². The summed E-state index contributed by atoms with van der Waals surface area (Å²) in [5, 5.41) is 19.8. The molecule has 0 amide bonds. The Hall–Kier alpha value is -2.41. The molecule has 1 aromatic rings. The van der Waals surface area contributed by atoms with Crippen LogP contribution in [-0.4, -0.2) is 48.1 Å². The average Bonchev–Trinajstić information content (AvgIpc) is 2.45. The maximum absolute atomic E-state index is 10.8. The van der Waals surface area contributed by atoms with Crippen molar-refractivity contribution in [1.29, 1.82) is 0 Å². The van der Waals surface area contributed by atoms with Crippen LogP contribution in [0.25, 0.3) is 0 Å². The van der Waals surface area contributed by atoms with Crippen LogP contribution in [-0.2, 0) is 14.3 Å². The van der Waals surface area contributed by atoms with Crippen LogP contribution in [0.2, 0.25) is 0 Å². The van der Waals surface area contributed by atoms with E-state index in [1.54, 1.807) is 0 Å². The van der Waals surface area contributed by atoms with E-state index >= 15 is 0 Å². The number of phenols is 1. The second kappa shape index (κ2) is 9.49. The van der Waals surface area contributed by atoms with E-state index in [1.165, 1.54) is 45.3 Å². The molecule has 1 rings (SSSR count). The van der Waals surface area contributed by atoms with Crippen molar-refractivity contribution in [3.05, 3.63) is 29.8 Å². The van der Waals surface area contributed by atoms with Gasteiger partial charge in [0, 0.05) is 6.42 Å². The Balaban J connectivity index is 0.000000384. The fourth-order valence-corrected chi connectivity index (χ4v) is 1.32. The number of nitrogens with one attached hydrogen (secondary N) is 1. The lowest BCUT2D eigenvalue weighted by Crippen LogP contribution is -2.35. The Morgan fingerprint density at radius 2 is 1.76 bits per heavy atom. The third-order valence-electron chi connectivity index (χ3n) is 2.43. The number of carboxylic acids is 1. The number of methoxy groups -OCH3 is 1. The molecule has 0 heterocycles. The molecule has 7 heteroatoms. The molecule has 0 saturated heterocycles. The van der Waals surface area contributed by atoms with Crippen molar-refractivity contribution in [2.24, 2.45) is 0 Å². The third kappa shape index (κ3) is 7.68. The standard InChI is InChI=1S/C8H8O3.C6H11NO3/c1-11-8(10)6-2-4-7(9)5-3-6;1-4(8)3-5(7-2)6(9)10/h2-5,9H,1H3;5,7H,3H2,1-2H3,(H,9,10). The number of carboxylic acid groups (broad SMARTS) is 1. The van der Waals surface area contributed by atoms with Crippen LogP contribution in [0.4, 0.5) is 0 Å². The summed E-state index contributed by atoms with van der Waals surface area (Å²) in [6, 6.07) is 5.14. The molecule has 0 aliphatic rings. The van der Waals surface area contributed by atoms with Gasteiger partial charge < -0.3 is 20.3 Å². The van der Waals surface area contributed by atoms with Crippen LogP contribution in [0.1, 0.15) is 23.7 Å². The molecule has 116 valence electrons. The predicted molar refractivity (Wildman–Crippen MR) is 75.2 cm³/mol. The number of esters is 1. The zero-order chi connectivity index (χ0) is 16.4. The minimum absolute atomic E-state index is 0.0475. The minimum atomic E-state index is -0.988. The number of likely N-dealkylation sites (N-methyl/N-ethyl adjacent to an activating group) is 1.